The molecule has 1 heteroatoms. The molecule has 0 fully saturated rings. The Hall–Kier alpha value is -2.12. The average molecular weight is 287 g/mol. The van der Waals surface area contributed by atoms with Gasteiger partial charge in [-0.05, 0) is 41.4 Å². The lowest BCUT2D eigenvalue weighted by atomic mass is 9.83. The highest BCUT2D eigenvalue weighted by molar-refractivity contribution is 5.83. The monoisotopic (exact) mass is 287 g/mol. The minimum atomic E-state index is 0.471. The van der Waals surface area contributed by atoms with Crippen molar-refractivity contribution in [1.29, 1.82) is 0 Å². The first kappa shape index (κ1) is 13.5. The van der Waals surface area contributed by atoms with Crippen molar-refractivity contribution in [3.63, 3.8) is 0 Å². The molecule has 0 aliphatic carbocycles. The first-order valence-electron chi connectivity index (χ1n) is 7.97. The Bertz CT molecular complexity index is 834. The van der Waals surface area contributed by atoms with Crippen molar-refractivity contribution in [3.8, 4) is 0 Å². The van der Waals surface area contributed by atoms with Gasteiger partial charge in [-0.1, -0.05) is 66.2 Å². The van der Waals surface area contributed by atoms with Gasteiger partial charge in [0.2, 0.25) is 0 Å². The minimum Gasteiger partial charge on any atom is -0.301 e. The fourth-order valence-electron chi connectivity index (χ4n) is 3.69. The maximum atomic E-state index is 2.43. The second kappa shape index (κ2) is 5.26. The molecule has 1 atom stereocenters. The molecule has 0 aromatic heterocycles. The standard InChI is InChI=1S/C21H21N/c1-15-7-10-20-19(11-15)13-22(2)14-21(20)18-9-8-16-5-3-4-6-17(16)12-18/h3-12,21H,13-14H2,1-2H3. The minimum absolute atomic E-state index is 0.471. The van der Waals surface area contributed by atoms with Crippen LogP contribution in [0.5, 0.6) is 0 Å². The number of rotatable bonds is 1. The SMILES string of the molecule is Cc1ccc2c(c1)CN(C)CC2c1ccc2ccccc2c1. The van der Waals surface area contributed by atoms with E-state index in [1.54, 1.807) is 0 Å². The summed E-state index contributed by atoms with van der Waals surface area (Å²) in [7, 11) is 2.22. The van der Waals surface area contributed by atoms with E-state index in [0.29, 0.717) is 5.92 Å². The highest BCUT2D eigenvalue weighted by Crippen LogP contribution is 2.34. The molecular formula is C21H21N. The molecule has 0 saturated carbocycles. The molecule has 0 saturated heterocycles. The Kier molecular flexibility index (Phi) is 3.24. The highest BCUT2D eigenvalue weighted by atomic mass is 15.1. The fourth-order valence-corrected chi connectivity index (χ4v) is 3.69. The number of nitrogens with zero attached hydrogens (tertiary/aromatic N) is 1. The van der Waals surface area contributed by atoms with Crippen LogP contribution in [0.3, 0.4) is 0 Å². The molecular weight excluding hydrogens is 266 g/mol. The summed E-state index contributed by atoms with van der Waals surface area (Å²) in [5.74, 6) is 0.471. The smallest absolute Gasteiger partial charge is 0.0234 e. The maximum Gasteiger partial charge on any atom is 0.0234 e. The summed E-state index contributed by atoms with van der Waals surface area (Å²) in [4.78, 5) is 2.43. The Morgan fingerprint density at radius 1 is 0.909 bits per heavy atom. The summed E-state index contributed by atoms with van der Waals surface area (Å²) in [6, 6.07) is 22.5. The largest absolute Gasteiger partial charge is 0.301 e. The molecule has 1 aliphatic rings. The van der Waals surface area contributed by atoms with Gasteiger partial charge >= 0.3 is 0 Å². The lowest BCUT2D eigenvalue weighted by Crippen LogP contribution is -2.31. The summed E-state index contributed by atoms with van der Waals surface area (Å²) < 4.78 is 0. The molecule has 3 aromatic rings. The fraction of sp³-hybridized carbons (Fsp3) is 0.238. The molecule has 110 valence electrons. The number of hydrogen-bond donors (Lipinski definition) is 0. The van der Waals surface area contributed by atoms with Gasteiger partial charge in [-0.25, -0.2) is 0 Å². The number of aryl methyl sites for hydroxylation is 1. The van der Waals surface area contributed by atoms with Crippen molar-refractivity contribution in [3.05, 3.63) is 82.9 Å². The third-order valence-corrected chi connectivity index (χ3v) is 4.78. The summed E-state index contributed by atoms with van der Waals surface area (Å²) >= 11 is 0. The van der Waals surface area contributed by atoms with Gasteiger partial charge in [0.1, 0.15) is 0 Å². The van der Waals surface area contributed by atoms with Crippen LogP contribution in [-0.4, -0.2) is 18.5 Å². The van der Waals surface area contributed by atoms with Crippen LogP contribution in [0.2, 0.25) is 0 Å². The van der Waals surface area contributed by atoms with E-state index in [4.69, 9.17) is 0 Å². The normalized spacial score (nSPS) is 18.4. The van der Waals surface area contributed by atoms with Gasteiger partial charge in [0.25, 0.3) is 0 Å². The lowest BCUT2D eigenvalue weighted by Gasteiger charge is -2.33. The zero-order valence-corrected chi connectivity index (χ0v) is 13.2. The summed E-state index contributed by atoms with van der Waals surface area (Å²) in [6.07, 6.45) is 0. The molecule has 22 heavy (non-hydrogen) atoms. The van der Waals surface area contributed by atoms with Crippen molar-refractivity contribution in [2.75, 3.05) is 13.6 Å². The summed E-state index contributed by atoms with van der Waals surface area (Å²) in [5, 5.41) is 2.65. The van der Waals surface area contributed by atoms with Crippen molar-refractivity contribution in [2.45, 2.75) is 19.4 Å². The Morgan fingerprint density at radius 2 is 1.73 bits per heavy atom. The van der Waals surface area contributed by atoms with E-state index in [2.05, 4.69) is 79.5 Å². The molecule has 1 nitrogen and oxygen atoms in total. The number of likely N-dealkylation sites (N-methyl/N-ethyl adjacent to an activating group) is 1. The van der Waals surface area contributed by atoms with Crippen molar-refractivity contribution < 1.29 is 0 Å². The predicted octanol–water partition coefficient (Wildman–Crippen LogP) is 4.73. The van der Waals surface area contributed by atoms with E-state index in [1.807, 2.05) is 0 Å². The second-order valence-corrected chi connectivity index (χ2v) is 6.56. The molecule has 0 spiro atoms. The lowest BCUT2D eigenvalue weighted by molar-refractivity contribution is 0.295. The van der Waals surface area contributed by atoms with Crippen LogP contribution in [0, 0.1) is 6.92 Å². The molecule has 1 heterocycles. The number of benzene rings is 3. The quantitative estimate of drug-likeness (QED) is 0.625. The molecule has 0 bridgehead atoms. The van der Waals surface area contributed by atoms with Gasteiger partial charge in [0.05, 0.1) is 0 Å². The Morgan fingerprint density at radius 3 is 2.59 bits per heavy atom. The molecule has 0 radical (unpaired) electrons. The molecule has 3 aromatic carbocycles. The van der Waals surface area contributed by atoms with Crippen LogP contribution in [0.15, 0.2) is 60.7 Å². The van der Waals surface area contributed by atoms with Crippen LogP contribution in [-0.2, 0) is 6.54 Å². The summed E-state index contributed by atoms with van der Waals surface area (Å²) in [6.45, 7) is 4.33. The topological polar surface area (TPSA) is 3.24 Å². The third-order valence-electron chi connectivity index (χ3n) is 4.78. The molecule has 1 aliphatic heterocycles. The van der Waals surface area contributed by atoms with Gasteiger partial charge in [0.15, 0.2) is 0 Å². The third kappa shape index (κ3) is 2.32. The van der Waals surface area contributed by atoms with Crippen molar-refractivity contribution in [1.82, 2.24) is 4.90 Å². The predicted molar refractivity (Wildman–Crippen MR) is 93.3 cm³/mol. The van der Waals surface area contributed by atoms with E-state index in [0.717, 1.165) is 13.1 Å². The van der Waals surface area contributed by atoms with E-state index in [-0.39, 0.29) is 0 Å². The molecule has 4 rings (SSSR count). The van der Waals surface area contributed by atoms with Gasteiger partial charge in [0, 0.05) is 19.0 Å². The molecule has 1 unspecified atom stereocenters. The van der Waals surface area contributed by atoms with Gasteiger partial charge in [-0.3, -0.25) is 0 Å². The zero-order valence-electron chi connectivity index (χ0n) is 13.2. The Balaban J connectivity index is 1.84. The Labute approximate surface area is 132 Å². The van der Waals surface area contributed by atoms with Crippen LogP contribution >= 0.6 is 0 Å². The van der Waals surface area contributed by atoms with Gasteiger partial charge < -0.3 is 4.90 Å². The number of fused-ring (bicyclic) bond motifs is 2. The van der Waals surface area contributed by atoms with E-state index >= 15 is 0 Å². The highest BCUT2D eigenvalue weighted by Gasteiger charge is 2.24. The number of hydrogen-bond acceptors (Lipinski definition) is 1. The summed E-state index contributed by atoms with van der Waals surface area (Å²) in [5.41, 5.74) is 5.76. The van der Waals surface area contributed by atoms with Crippen LogP contribution in [0.1, 0.15) is 28.2 Å². The van der Waals surface area contributed by atoms with Crippen molar-refractivity contribution >= 4 is 10.8 Å². The average Bonchev–Trinajstić information content (AvgIpc) is 2.53. The van der Waals surface area contributed by atoms with Crippen LogP contribution < -0.4 is 0 Å². The van der Waals surface area contributed by atoms with E-state index in [1.165, 1.54) is 33.0 Å². The van der Waals surface area contributed by atoms with Crippen LogP contribution in [0.25, 0.3) is 10.8 Å². The molecule has 0 N–H and O–H groups in total. The van der Waals surface area contributed by atoms with Crippen LogP contribution in [0.4, 0.5) is 0 Å². The van der Waals surface area contributed by atoms with E-state index < -0.39 is 0 Å². The molecule has 0 amide bonds. The van der Waals surface area contributed by atoms with Gasteiger partial charge in [-0.15, -0.1) is 0 Å². The van der Waals surface area contributed by atoms with Gasteiger partial charge in [-0.2, -0.15) is 0 Å². The van der Waals surface area contributed by atoms with Crippen molar-refractivity contribution in [2.24, 2.45) is 0 Å². The second-order valence-electron chi connectivity index (χ2n) is 6.56. The maximum absolute atomic E-state index is 2.43. The zero-order chi connectivity index (χ0) is 15.1. The first-order valence-corrected chi connectivity index (χ1v) is 7.97. The first-order chi connectivity index (χ1) is 10.7. The van der Waals surface area contributed by atoms with E-state index in [9.17, 15) is 0 Å².